The third-order valence-corrected chi connectivity index (χ3v) is 5.38. The van der Waals surface area contributed by atoms with Gasteiger partial charge >= 0.3 is 0 Å². The minimum atomic E-state index is -0.190. The Labute approximate surface area is 162 Å². The number of benzene rings is 3. The third kappa shape index (κ3) is 2.50. The maximum atomic E-state index is 14.8. The van der Waals surface area contributed by atoms with Gasteiger partial charge in [-0.1, -0.05) is 32.0 Å². The van der Waals surface area contributed by atoms with E-state index in [2.05, 4.69) is 30.1 Å². The van der Waals surface area contributed by atoms with Crippen molar-refractivity contribution in [2.24, 2.45) is 0 Å². The molecule has 0 saturated heterocycles. The standard InChI is InChI=1S/C25H20FNO/c1-14(2)18-12-16-8-9-27-24(19(16)13-22(18)26)21-11-15(3)10-20-17-6-4-5-7-23(17)28-25(20)21/h4-14H,1-3H3. The summed E-state index contributed by atoms with van der Waals surface area (Å²) in [6.45, 7) is 6.07. The maximum absolute atomic E-state index is 14.8. The van der Waals surface area contributed by atoms with Crippen molar-refractivity contribution in [1.29, 1.82) is 0 Å². The molecule has 0 spiro atoms. The fourth-order valence-electron chi connectivity index (χ4n) is 4.02. The Bertz CT molecular complexity index is 1360. The second-order valence-electron chi connectivity index (χ2n) is 7.70. The number of aryl methyl sites for hydroxylation is 1. The second-order valence-corrected chi connectivity index (χ2v) is 7.70. The molecule has 2 aromatic heterocycles. The van der Waals surface area contributed by atoms with E-state index in [-0.39, 0.29) is 11.7 Å². The van der Waals surface area contributed by atoms with Crippen molar-refractivity contribution in [2.75, 3.05) is 0 Å². The van der Waals surface area contributed by atoms with E-state index in [0.717, 1.165) is 55.1 Å². The van der Waals surface area contributed by atoms with Crippen molar-refractivity contribution in [3.05, 3.63) is 77.7 Å². The molecule has 3 heteroatoms. The van der Waals surface area contributed by atoms with Gasteiger partial charge in [-0.25, -0.2) is 4.39 Å². The lowest BCUT2D eigenvalue weighted by molar-refractivity contribution is 0.600. The summed E-state index contributed by atoms with van der Waals surface area (Å²) in [5.41, 5.74) is 5.13. The van der Waals surface area contributed by atoms with Crippen LogP contribution < -0.4 is 0 Å². The van der Waals surface area contributed by atoms with Crippen molar-refractivity contribution >= 4 is 32.7 Å². The molecule has 3 aromatic carbocycles. The summed E-state index contributed by atoms with van der Waals surface area (Å²) >= 11 is 0. The number of hydrogen-bond donors (Lipinski definition) is 0. The molecule has 0 aliphatic carbocycles. The van der Waals surface area contributed by atoms with Crippen molar-refractivity contribution in [3.8, 4) is 11.3 Å². The van der Waals surface area contributed by atoms with Crippen LogP contribution >= 0.6 is 0 Å². The Morgan fingerprint density at radius 3 is 2.57 bits per heavy atom. The lowest BCUT2D eigenvalue weighted by Gasteiger charge is -2.12. The summed E-state index contributed by atoms with van der Waals surface area (Å²) in [5.74, 6) is -0.0627. The van der Waals surface area contributed by atoms with Crippen molar-refractivity contribution in [3.63, 3.8) is 0 Å². The van der Waals surface area contributed by atoms with Gasteiger partial charge in [0.05, 0.1) is 5.69 Å². The summed E-state index contributed by atoms with van der Waals surface area (Å²) in [6.07, 6.45) is 1.79. The number of nitrogens with zero attached hydrogens (tertiary/aromatic N) is 1. The number of para-hydroxylation sites is 1. The molecule has 0 saturated carbocycles. The van der Waals surface area contributed by atoms with Crippen molar-refractivity contribution in [1.82, 2.24) is 4.98 Å². The minimum Gasteiger partial charge on any atom is -0.455 e. The first-order valence-electron chi connectivity index (χ1n) is 9.53. The van der Waals surface area contributed by atoms with E-state index in [1.54, 1.807) is 12.3 Å². The van der Waals surface area contributed by atoms with Gasteiger partial charge in [-0.3, -0.25) is 4.98 Å². The molecule has 0 radical (unpaired) electrons. The molecule has 0 N–H and O–H groups in total. The smallest absolute Gasteiger partial charge is 0.144 e. The monoisotopic (exact) mass is 369 g/mol. The lowest BCUT2D eigenvalue weighted by Crippen LogP contribution is -1.95. The van der Waals surface area contributed by atoms with Gasteiger partial charge in [0, 0.05) is 27.9 Å². The van der Waals surface area contributed by atoms with Gasteiger partial charge in [-0.15, -0.1) is 0 Å². The number of furan rings is 1. The first-order chi connectivity index (χ1) is 13.5. The Hall–Kier alpha value is -3.20. The van der Waals surface area contributed by atoms with E-state index in [1.165, 1.54) is 0 Å². The first-order valence-corrected chi connectivity index (χ1v) is 9.53. The van der Waals surface area contributed by atoms with Crippen LogP contribution in [0.5, 0.6) is 0 Å². The van der Waals surface area contributed by atoms with Gasteiger partial charge in [0.2, 0.25) is 0 Å². The van der Waals surface area contributed by atoms with Crippen LogP contribution in [0.1, 0.15) is 30.9 Å². The van der Waals surface area contributed by atoms with Crippen molar-refractivity contribution < 1.29 is 8.81 Å². The third-order valence-electron chi connectivity index (χ3n) is 5.38. The molecule has 5 rings (SSSR count). The van der Waals surface area contributed by atoms with Crippen LogP contribution in [-0.4, -0.2) is 4.98 Å². The first kappa shape index (κ1) is 16.9. The quantitative estimate of drug-likeness (QED) is 0.324. The number of rotatable bonds is 2. The highest BCUT2D eigenvalue weighted by atomic mass is 19.1. The van der Waals surface area contributed by atoms with Crippen molar-refractivity contribution in [2.45, 2.75) is 26.7 Å². The molecule has 0 atom stereocenters. The Kier molecular flexibility index (Phi) is 3.73. The van der Waals surface area contributed by atoms with E-state index in [9.17, 15) is 4.39 Å². The largest absolute Gasteiger partial charge is 0.455 e. The van der Waals surface area contributed by atoms with E-state index < -0.39 is 0 Å². The zero-order valence-corrected chi connectivity index (χ0v) is 16.1. The number of aromatic nitrogens is 1. The molecule has 2 nitrogen and oxygen atoms in total. The fraction of sp³-hybridized carbons (Fsp3) is 0.160. The molecule has 138 valence electrons. The molecule has 0 amide bonds. The molecule has 0 aliphatic rings. The van der Waals surface area contributed by atoms with Gasteiger partial charge in [0.15, 0.2) is 0 Å². The van der Waals surface area contributed by atoms with Crippen LogP contribution in [0, 0.1) is 12.7 Å². The minimum absolute atomic E-state index is 0.127. The molecule has 5 aromatic rings. The van der Waals surface area contributed by atoms with Crippen LogP contribution in [0.15, 0.2) is 65.2 Å². The lowest BCUT2D eigenvalue weighted by atomic mass is 9.95. The Morgan fingerprint density at radius 1 is 0.929 bits per heavy atom. The van der Waals surface area contributed by atoms with Crippen LogP contribution in [-0.2, 0) is 0 Å². The molecular formula is C25H20FNO. The van der Waals surface area contributed by atoms with E-state index in [1.807, 2.05) is 44.2 Å². The molecule has 0 unspecified atom stereocenters. The number of fused-ring (bicyclic) bond motifs is 4. The van der Waals surface area contributed by atoms with Crippen LogP contribution in [0.4, 0.5) is 4.39 Å². The summed E-state index contributed by atoms with van der Waals surface area (Å²) < 4.78 is 21.0. The van der Waals surface area contributed by atoms with Gasteiger partial charge < -0.3 is 4.42 Å². The van der Waals surface area contributed by atoms with Crippen LogP contribution in [0.3, 0.4) is 0 Å². The maximum Gasteiger partial charge on any atom is 0.144 e. The zero-order chi connectivity index (χ0) is 19.4. The van der Waals surface area contributed by atoms with Gasteiger partial charge in [-0.05, 0) is 65.8 Å². The second kappa shape index (κ2) is 6.16. The fourth-order valence-corrected chi connectivity index (χ4v) is 4.02. The normalized spacial score (nSPS) is 11.9. The van der Waals surface area contributed by atoms with Crippen LogP contribution in [0.25, 0.3) is 44.0 Å². The molecule has 0 bridgehead atoms. The number of pyridine rings is 1. The molecule has 2 heterocycles. The SMILES string of the molecule is Cc1cc(-c2nccc3cc(C(C)C)c(F)cc23)c2oc3ccccc3c2c1. The average Bonchev–Trinajstić information content (AvgIpc) is 3.05. The molecule has 0 aliphatic heterocycles. The Morgan fingerprint density at radius 2 is 1.75 bits per heavy atom. The van der Waals surface area contributed by atoms with Gasteiger partial charge in [-0.2, -0.15) is 0 Å². The highest BCUT2D eigenvalue weighted by molar-refractivity contribution is 6.11. The van der Waals surface area contributed by atoms with Crippen LogP contribution in [0.2, 0.25) is 0 Å². The molecule has 28 heavy (non-hydrogen) atoms. The summed E-state index contributed by atoms with van der Waals surface area (Å²) in [6, 6.07) is 17.7. The number of hydrogen-bond acceptors (Lipinski definition) is 2. The number of halogens is 1. The highest BCUT2D eigenvalue weighted by Crippen LogP contribution is 2.39. The zero-order valence-electron chi connectivity index (χ0n) is 16.1. The molecule has 0 fully saturated rings. The average molecular weight is 369 g/mol. The highest BCUT2D eigenvalue weighted by Gasteiger charge is 2.17. The van der Waals surface area contributed by atoms with Gasteiger partial charge in [0.1, 0.15) is 17.0 Å². The Balaban J connectivity index is 1.88. The van der Waals surface area contributed by atoms with E-state index in [4.69, 9.17) is 4.42 Å². The predicted molar refractivity (Wildman–Crippen MR) is 113 cm³/mol. The summed E-state index contributed by atoms with van der Waals surface area (Å²) in [4.78, 5) is 4.63. The van der Waals surface area contributed by atoms with Gasteiger partial charge in [0.25, 0.3) is 0 Å². The topological polar surface area (TPSA) is 26.0 Å². The summed E-state index contributed by atoms with van der Waals surface area (Å²) in [7, 11) is 0. The molecular weight excluding hydrogens is 349 g/mol. The predicted octanol–water partition coefficient (Wildman–Crippen LogP) is 7.37. The van der Waals surface area contributed by atoms with E-state index in [0.29, 0.717) is 0 Å². The summed E-state index contributed by atoms with van der Waals surface area (Å²) in [5, 5.41) is 3.93. The van der Waals surface area contributed by atoms with E-state index >= 15 is 0 Å².